The van der Waals surface area contributed by atoms with Crippen LogP contribution in [0.1, 0.15) is 162 Å². The van der Waals surface area contributed by atoms with Gasteiger partial charge in [-0.2, -0.15) is 0 Å². The van der Waals surface area contributed by atoms with E-state index < -0.39 is 0 Å². The average molecular weight is 425 g/mol. The van der Waals surface area contributed by atoms with Crippen molar-refractivity contribution in [3.63, 3.8) is 0 Å². The van der Waals surface area contributed by atoms with Gasteiger partial charge >= 0.3 is 0 Å². The third-order valence-corrected chi connectivity index (χ3v) is 6.98. The maximum absolute atomic E-state index is 2.45. The molecule has 0 N–H and O–H groups in total. The van der Waals surface area contributed by atoms with Crippen LogP contribution < -0.4 is 0 Å². The molecule has 182 valence electrons. The molecule has 0 fully saturated rings. The zero-order chi connectivity index (χ0) is 22.2. The minimum atomic E-state index is 1.25. The maximum Gasteiger partial charge on any atom is 0.0782 e. The normalized spacial score (nSPS) is 12.0. The van der Waals surface area contributed by atoms with Crippen LogP contribution in [0.4, 0.5) is 0 Å². The van der Waals surface area contributed by atoms with Gasteiger partial charge in [0.15, 0.2) is 0 Å². The van der Waals surface area contributed by atoms with E-state index in [1.54, 1.807) is 0 Å². The second kappa shape index (κ2) is 23.6. The number of hydrogen-bond acceptors (Lipinski definition) is 0. The molecule has 0 amide bonds. The Bertz CT molecular complexity index is 309. The Hall–Kier alpha value is -0.0400. The Balaban J connectivity index is 3.29. The maximum atomic E-state index is 2.45. The summed E-state index contributed by atoms with van der Waals surface area (Å²) in [6, 6.07) is 0. The van der Waals surface area contributed by atoms with Crippen molar-refractivity contribution >= 4 is 0 Å². The molecule has 0 aliphatic heterocycles. The number of rotatable bonds is 25. The second-order valence-electron chi connectivity index (χ2n) is 10.8. The van der Waals surface area contributed by atoms with Crippen LogP contribution in [0.5, 0.6) is 0 Å². The van der Waals surface area contributed by atoms with Crippen LogP contribution in [-0.2, 0) is 0 Å². The fraction of sp³-hybridized carbons (Fsp3) is 1.00. The molecular weight excluding hydrogens is 362 g/mol. The van der Waals surface area contributed by atoms with Gasteiger partial charge in [-0.05, 0) is 25.7 Å². The lowest BCUT2D eigenvalue weighted by molar-refractivity contribution is -0.890. The largest absolute Gasteiger partial charge is 0.328 e. The summed E-state index contributed by atoms with van der Waals surface area (Å²) in [5.74, 6) is 0. The number of unbranched alkanes of at least 4 members (excludes halogenated alkanes) is 21. The highest BCUT2D eigenvalue weighted by molar-refractivity contribution is 4.50. The van der Waals surface area contributed by atoms with Crippen molar-refractivity contribution in [3.8, 4) is 0 Å². The van der Waals surface area contributed by atoms with E-state index in [4.69, 9.17) is 0 Å². The average Bonchev–Trinajstić information content (AvgIpc) is 2.72. The van der Waals surface area contributed by atoms with E-state index in [1.807, 2.05) is 0 Å². The van der Waals surface area contributed by atoms with E-state index in [1.165, 1.54) is 165 Å². The van der Waals surface area contributed by atoms with Crippen LogP contribution in [0.3, 0.4) is 0 Å². The molecule has 0 aliphatic rings. The highest BCUT2D eigenvalue weighted by Crippen LogP contribution is 2.14. The van der Waals surface area contributed by atoms with Crippen molar-refractivity contribution in [2.75, 3.05) is 27.2 Å². The number of quaternary nitrogens is 1. The molecular formula is C29H62N+. The molecule has 0 aromatic carbocycles. The van der Waals surface area contributed by atoms with Gasteiger partial charge in [-0.1, -0.05) is 136 Å². The first-order valence-electron chi connectivity index (χ1n) is 14.4. The molecule has 0 bridgehead atoms. The fourth-order valence-electron chi connectivity index (χ4n) is 4.70. The Morgan fingerprint density at radius 1 is 0.300 bits per heavy atom. The van der Waals surface area contributed by atoms with Crippen molar-refractivity contribution in [2.45, 2.75) is 162 Å². The van der Waals surface area contributed by atoms with Gasteiger partial charge in [0.25, 0.3) is 0 Å². The lowest BCUT2D eigenvalue weighted by atomic mass is 10.0. The van der Waals surface area contributed by atoms with Crippen LogP contribution in [-0.4, -0.2) is 31.7 Å². The minimum Gasteiger partial charge on any atom is -0.328 e. The predicted molar refractivity (Wildman–Crippen MR) is 139 cm³/mol. The second-order valence-corrected chi connectivity index (χ2v) is 10.8. The molecule has 0 aromatic heterocycles. The van der Waals surface area contributed by atoms with E-state index in [0.717, 1.165) is 0 Å². The first-order valence-corrected chi connectivity index (χ1v) is 14.4. The van der Waals surface area contributed by atoms with Crippen molar-refractivity contribution in [2.24, 2.45) is 0 Å². The molecule has 0 spiro atoms. The van der Waals surface area contributed by atoms with Gasteiger partial charge in [-0.3, -0.25) is 0 Å². The van der Waals surface area contributed by atoms with Gasteiger partial charge in [0, 0.05) is 0 Å². The van der Waals surface area contributed by atoms with Crippen LogP contribution in [0.2, 0.25) is 0 Å². The molecule has 1 nitrogen and oxygen atoms in total. The smallest absolute Gasteiger partial charge is 0.0782 e. The van der Waals surface area contributed by atoms with Crippen LogP contribution in [0.15, 0.2) is 0 Å². The lowest BCUT2D eigenvalue weighted by Gasteiger charge is -2.30. The molecule has 0 unspecified atom stereocenters. The first-order chi connectivity index (χ1) is 14.6. The van der Waals surface area contributed by atoms with Gasteiger partial charge in [0.2, 0.25) is 0 Å². The summed E-state index contributed by atoms with van der Waals surface area (Å²) in [7, 11) is 4.91. The van der Waals surface area contributed by atoms with E-state index in [2.05, 4.69) is 27.9 Å². The molecule has 0 aliphatic carbocycles. The standard InChI is InChI=1S/C29H62N/c1-5-7-9-11-13-15-17-19-21-23-25-27-29-30(3,4)28-26-24-22-20-18-16-14-12-10-8-6-2/h5-29H2,1-4H3/q+1. The van der Waals surface area contributed by atoms with Crippen LogP contribution >= 0.6 is 0 Å². The SMILES string of the molecule is CCCCCCCCCCCCCC[N+](C)(C)CCCCCCCCCCCCC. The summed E-state index contributed by atoms with van der Waals surface area (Å²) < 4.78 is 1.25. The topological polar surface area (TPSA) is 0 Å². The molecule has 0 atom stereocenters. The molecule has 0 radical (unpaired) electrons. The summed E-state index contributed by atoms with van der Waals surface area (Å²) in [6.45, 7) is 7.38. The van der Waals surface area contributed by atoms with Gasteiger partial charge in [-0.15, -0.1) is 0 Å². The van der Waals surface area contributed by atoms with E-state index in [0.29, 0.717) is 0 Å². The summed E-state index contributed by atoms with van der Waals surface area (Å²) >= 11 is 0. The molecule has 1 heteroatoms. The van der Waals surface area contributed by atoms with Crippen molar-refractivity contribution in [1.29, 1.82) is 0 Å². The van der Waals surface area contributed by atoms with Crippen molar-refractivity contribution < 1.29 is 4.48 Å². The van der Waals surface area contributed by atoms with Gasteiger partial charge in [-0.25, -0.2) is 0 Å². The van der Waals surface area contributed by atoms with Gasteiger partial charge in [0.1, 0.15) is 0 Å². The predicted octanol–water partition coefficient (Wildman–Crippen LogP) is 10.1. The van der Waals surface area contributed by atoms with Gasteiger partial charge < -0.3 is 4.48 Å². The van der Waals surface area contributed by atoms with Gasteiger partial charge in [0.05, 0.1) is 27.2 Å². The molecule has 0 heterocycles. The Kier molecular flexibility index (Phi) is 23.6. The molecule has 0 saturated carbocycles. The van der Waals surface area contributed by atoms with Crippen molar-refractivity contribution in [3.05, 3.63) is 0 Å². The third kappa shape index (κ3) is 24.2. The summed E-state index contributed by atoms with van der Waals surface area (Å²) in [5.41, 5.74) is 0. The van der Waals surface area contributed by atoms with E-state index in [-0.39, 0.29) is 0 Å². The van der Waals surface area contributed by atoms with E-state index >= 15 is 0 Å². The molecule has 30 heavy (non-hydrogen) atoms. The quantitative estimate of drug-likeness (QED) is 0.101. The summed E-state index contributed by atoms with van der Waals surface area (Å²) in [5, 5.41) is 0. The zero-order valence-electron chi connectivity index (χ0n) is 22.1. The zero-order valence-corrected chi connectivity index (χ0v) is 22.1. The highest BCUT2D eigenvalue weighted by Gasteiger charge is 2.13. The minimum absolute atomic E-state index is 1.25. The third-order valence-electron chi connectivity index (χ3n) is 6.98. The Morgan fingerprint density at radius 2 is 0.500 bits per heavy atom. The van der Waals surface area contributed by atoms with E-state index in [9.17, 15) is 0 Å². The highest BCUT2D eigenvalue weighted by atomic mass is 15.3. The molecule has 0 rings (SSSR count). The van der Waals surface area contributed by atoms with Crippen LogP contribution in [0, 0.1) is 0 Å². The molecule has 0 aromatic rings. The summed E-state index contributed by atoms with van der Waals surface area (Å²) in [4.78, 5) is 0. The lowest BCUT2D eigenvalue weighted by Crippen LogP contribution is -2.41. The first kappa shape index (κ1) is 30.0. The fourth-order valence-corrected chi connectivity index (χ4v) is 4.70. The monoisotopic (exact) mass is 424 g/mol. The number of hydrogen-bond donors (Lipinski definition) is 0. The molecule has 0 saturated heterocycles. The Morgan fingerprint density at radius 3 is 0.733 bits per heavy atom. The Labute approximate surface area is 193 Å². The van der Waals surface area contributed by atoms with Crippen molar-refractivity contribution in [1.82, 2.24) is 0 Å². The summed E-state index contributed by atoms with van der Waals surface area (Å²) in [6.07, 6.45) is 33.5. The number of nitrogens with zero attached hydrogens (tertiary/aromatic N) is 1. The van der Waals surface area contributed by atoms with Crippen LogP contribution in [0.25, 0.3) is 0 Å².